The number of aliphatic imine (C=N–C) groups is 1. The summed E-state index contributed by atoms with van der Waals surface area (Å²) in [6.45, 7) is 0.236. The second kappa shape index (κ2) is 12.6. The number of nitrogens with zero attached hydrogens (tertiary/aromatic N) is 1. The van der Waals surface area contributed by atoms with E-state index in [1.807, 2.05) is 4.72 Å². The molecule has 1 amide bonds. The molecule has 7 N–H and O–H groups in total. The number of unbranched alkanes of at least 4 members (excludes halogenated alkanes) is 3. The van der Waals surface area contributed by atoms with Crippen LogP contribution in [-0.4, -0.2) is 57.3 Å². The van der Waals surface area contributed by atoms with Crippen molar-refractivity contribution in [3.05, 3.63) is 30.3 Å². The average molecular weight is 429 g/mol. The van der Waals surface area contributed by atoms with Crippen LogP contribution in [0.1, 0.15) is 25.7 Å². The van der Waals surface area contributed by atoms with Gasteiger partial charge in [0, 0.05) is 13.1 Å². The Labute approximate surface area is 169 Å². The molecule has 0 fully saturated rings. The zero-order valence-corrected chi connectivity index (χ0v) is 16.7. The SMILES string of the molecule is NC(N)=NCCCCCCOC(=O)NC[C@H](NS(=O)(=O)c1ccccc1)C(=O)O. The number of carbonyl (C=O) groups excluding carboxylic acids is 1. The standard InChI is InChI=1S/C17H27N5O6S/c18-16(19)20-10-6-1-2-7-11-28-17(25)21-12-14(15(23)24)22-29(26,27)13-8-4-3-5-9-13/h3-5,8-9,14,22H,1-2,6-7,10-12H2,(H,21,25)(H,23,24)(H4,18,19,20)/t14-/m0/s1. The molecule has 11 nitrogen and oxygen atoms in total. The first-order valence-electron chi connectivity index (χ1n) is 8.98. The van der Waals surface area contributed by atoms with Crippen LogP contribution in [0.25, 0.3) is 0 Å². The van der Waals surface area contributed by atoms with E-state index in [0.29, 0.717) is 13.0 Å². The summed E-state index contributed by atoms with van der Waals surface area (Å²) >= 11 is 0. The number of sulfonamides is 1. The third-order valence-corrected chi connectivity index (χ3v) is 5.17. The maximum atomic E-state index is 12.2. The molecule has 0 unspecified atom stereocenters. The van der Waals surface area contributed by atoms with E-state index in [2.05, 4.69) is 10.3 Å². The molecule has 1 aromatic carbocycles. The number of carboxylic acid groups (broad SMARTS) is 1. The first-order valence-corrected chi connectivity index (χ1v) is 10.5. The van der Waals surface area contributed by atoms with Gasteiger partial charge < -0.3 is 26.6 Å². The molecule has 0 spiro atoms. The molecule has 162 valence electrons. The summed E-state index contributed by atoms with van der Waals surface area (Å²) in [4.78, 5) is 26.7. The summed E-state index contributed by atoms with van der Waals surface area (Å²) in [5, 5.41) is 11.5. The predicted molar refractivity (Wildman–Crippen MR) is 107 cm³/mol. The van der Waals surface area contributed by atoms with Crippen LogP contribution < -0.4 is 21.5 Å². The van der Waals surface area contributed by atoms with Gasteiger partial charge >= 0.3 is 12.1 Å². The lowest BCUT2D eigenvalue weighted by Crippen LogP contribution is -2.48. The molecule has 0 heterocycles. The van der Waals surface area contributed by atoms with Crippen LogP contribution in [0.2, 0.25) is 0 Å². The van der Waals surface area contributed by atoms with E-state index < -0.39 is 34.7 Å². The fourth-order valence-corrected chi connectivity index (χ4v) is 3.42. The van der Waals surface area contributed by atoms with Crippen molar-refractivity contribution in [2.45, 2.75) is 36.6 Å². The van der Waals surface area contributed by atoms with Crippen LogP contribution in [0.15, 0.2) is 40.2 Å². The lowest BCUT2D eigenvalue weighted by atomic mass is 10.2. The third-order valence-electron chi connectivity index (χ3n) is 3.68. The van der Waals surface area contributed by atoms with Crippen molar-refractivity contribution in [2.24, 2.45) is 16.5 Å². The van der Waals surface area contributed by atoms with Crippen molar-refractivity contribution in [3.63, 3.8) is 0 Å². The first kappa shape index (κ1) is 24.2. The number of hydrogen-bond donors (Lipinski definition) is 5. The Morgan fingerprint density at radius 1 is 1.10 bits per heavy atom. The Morgan fingerprint density at radius 2 is 1.76 bits per heavy atom. The van der Waals surface area contributed by atoms with Crippen molar-refractivity contribution in [1.29, 1.82) is 0 Å². The van der Waals surface area contributed by atoms with Crippen LogP contribution in [0, 0.1) is 0 Å². The second-order valence-corrected chi connectivity index (χ2v) is 7.78. The van der Waals surface area contributed by atoms with Crippen LogP contribution in [0.3, 0.4) is 0 Å². The minimum atomic E-state index is -4.04. The van der Waals surface area contributed by atoms with E-state index in [1.54, 1.807) is 6.07 Å². The van der Waals surface area contributed by atoms with Gasteiger partial charge in [0.1, 0.15) is 6.04 Å². The molecule has 0 radical (unpaired) electrons. The number of rotatable bonds is 13. The highest BCUT2D eigenvalue weighted by molar-refractivity contribution is 7.89. The second-order valence-electron chi connectivity index (χ2n) is 6.06. The summed E-state index contributed by atoms with van der Waals surface area (Å²) in [5.74, 6) is -1.37. The van der Waals surface area contributed by atoms with Crippen molar-refractivity contribution >= 4 is 28.0 Å². The molecule has 0 saturated heterocycles. The van der Waals surface area contributed by atoms with Crippen molar-refractivity contribution in [1.82, 2.24) is 10.0 Å². The number of benzene rings is 1. The maximum absolute atomic E-state index is 12.2. The van der Waals surface area contributed by atoms with Crippen LogP contribution in [-0.2, 0) is 19.6 Å². The van der Waals surface area contributed by atoms with Crippen LogP contribution in [0.4, 0.5) is 4.79 Å². The van der Waals surface area contributed by atoms with Crippen LogP contribution in [0.5, 0.6) is 0 Å². The maximum Gasteiger partial charge on any atom is 0.407 e. The fourth-order valence-electron chi connectivity index (χ4n) is 2.21. The van der Waals surface area contributed by atoms with Crippen molar-refractivity contribution < 1.29 is 27.9 Å². The number of hydrogen-bond acceptors (Lipinski definition) is 6. The molecule has 1 aromatic rings. The Balaban J connectivity index is 2.32. The highest BCUT2D eigenvalue weighted by Gasteiger charge is 2.25. The number of nitrogens with one attached hydrogen (secondary N) is 2. The van der Waals surface area contributed by atoms with E-state index in [4.69, 9.17) is 16.2 Å². The largest absolute Gasteiger partial charge is 0.480 e. The van der Waals surface area contributed by atoms with Gasteiger partial charge in [-0.15, -0.1) is 0 Å². The third kappa shape index (κ3) is 10.3. The molecule has 0 bridgehead atoms. The van der Waals surface area contributed by atoms with Gasteiger partial charge in [0.25, 0.3) is 0 Å². The molecule has 0 aromatic heterocycles. The van der Waals surface area contributed by atoms with E-state index in [9.17, 15) is 23.1 Å². The number of aliphatic carboxylic acids is 1. The van der Waals surface area contributed by atoms with Crippen molar-refractivity contribution in [2.75, 3.05) is 19.7 Å². The van der Waals surface area contributed by atoms with Crippen LogP contribution >= 0.6 is 0 Å². The number of guanidine groups is 1. The summed E-state index contributed by atoms with van der Waals surface area (Å²) in [6, 6.07) is 5.79. The molecule has 1 atom stereocenters. The molecular weight excluding hydrogens is 402 g/mol. The summed E-state index contributed by atoms with van der Waals surface area (Å²) in [5.41, 5.74) is 10.4. The Hall–Kier alpha value is -2.86. The molecule has 0 saturated carbocycles. The molecule has 0 aliphatic rings. The molecule has 0 aliphatic heterocycles. The van der Waals surface area contributed by atoms with Gasteiger partial charge in [0.2, 0.25) is 10.0 Å². The summed E-state index contributed by atoms with van der Waals surface area (Å²) < 4.78 is 31.4. The highest BCUT2D eigenvalue weighted by Crippen LogP contribution is 2.08. The lowest BCUT2D eigenvalue weighted by Gasteiger charge is -2.15. The first-order chi connectivity index (χ1) is 13.7. The minimum Gasteiger partial charge on any atom is -0.480 e. The van der Waals surface area contributed by atoms with Crippen molar-refractivity contribution in [3.8, 4) is 0 Å². The number of amides is 1. The zero-order chi connectivity index (χ0) is 21.7. The zero-order valence-electron chi connectivity index (χ0n) is 15.9. The van der Waals surface area contributed by atoms with Gasteiger partial charge in [-0.2, -0.15) is 4.72 Å². The quantitative estimate of drug-likeness (QED) is 0.164. The van der Waals surface area contributed by atoms with Gasteiger partial charge in [-0.25, -0.2) is 13.2 Å². The molecule has 1 rings (SSSR count). The van der Waals surface area contributed by atoms with Gasteiger partial charge in [0.15, 0.2) is 5.96 Å². The minimum absolute atomic E-state index is 0.0516. The fraction of sp³-hybridized carbons (Fsp3) is 0.471. The van der Waals surface area contributed by atoms with E-state index in [1.165, 1.54) is 24.3 Å². The lowest BCUT2D eigenvalue weighted by molar-refractivity contribution is -0.138. The highest BCUT2D eigenvalue weighted by atomic mass is 32.2. The molecular formula is C17H27N5O6S. The van der Waals surface area contributed by atoms with E-state index in [-0.39, 0.29) is 17.5 Å². The Bertz CT molecular complexity index is 781. The number of alkyl carbamates (subject to hydrolysis) is 1. The van der Waals surface area contributed by atoms with Gasteiger partial charge in [0.05, 0.1) is 11.5 Å². The van der Waals surface area contributed by atoms with E-state index in [0.717, 1.165) is 19.3 Å². The Kier molecular flexibility index (Phi) is 10.5. The number of carboxylic acids is 1. The van der Waals surface area contributed by atoms with E-state index >= 15 is 0 Å². The number of carbonyl (C=O) groups is 2. The molecule has 29 heavy (non-hydrogen) atoms. The predicted octanol–water partition coefficient (Wildman–Crippen LogP) is -0.0219. The smallest absolute Gasteiger partial charge is 0.407 e. The normalized spacial score (nSPS) is 12.0. The topological polar surface area (TPSA) is 186 Å². The van der Waals surface area contributed by atoms with Gasteiger partial charge in [-0.1, -0.05) is 24.6 Å². The number of ether oxygens (including phenoxy) is 1. The average Bonchev–Trinajstić information content (AvgIpc) is 2.67. The summed E-state index contributed by atoms with van der Waals surface area (Å²) in [7, 11) is -4.04. The molecule has 0 aliphatic carbocycles. The van der Waals surface area contributed by atoms with Gasteiger partial charge in [-0.3, -0.25) is 9.79 Å². The monoisotopic (exact) mass is 429 g/mol. The molecule has 12 heteroatoms. The van der Waals surface area contributed by atoms with Gasteiger partial charge in [-0.05, 0) is 31.4 Å². The number of nitrogens with two attached hydrogens (primary N) is 2. The Morgan fingerprint density at radius 3 is 2.38 bits per heavy atom. The summed E-state index contributed by atoms with van der Waals surface area (Å²) in [6.07, 6.45) is 2.28.